The molecule has 1 aromatic rings. The van der Waals surface area contributed by atoms with Crippen LogP contribution in [0.15, 0.2) is 30.3 Å². The molecule has 0 radical (unpaired) electrons. The van der Waals surface area contributed by atoms with E-state index in [4.69, 9.17) is 0 Å². The van der Waals surface area contributed by atoms with Crippen LogP contribution in [0.5, 0.6) is 0 Å². The minimum atomic E-state index is -1.14. The predicted octanol–water partition coefficient (Wildman–Crippen LogP) is -0.783. The molecular weight excluding hydrogens is 302 g/mol. The number of carbonyl (C=O) groups excluding carboxylic acids is 3. The number of nitrogens with one attached hydrogen (secondary N) is 2. The van der Waals surface area contributed by atoms with Gasteiger partial charge in [-0.25, -0.2) is 4.79 Å². The van der Waals surface area contributed by atoms with Crippen LogP contribution in [0.4, 0.5) is 0 Å². The van der Waals surface area contributed by atoms with Crippen LogP contribution in [0.25, 0.3) is 0 Å². The second-order valence-electron chi connectivity index (χ2n) is 5.17. The summed E-state index contributed by atoms with van der Waals surface area (Å²) in [4.78, 5) is 46.8. The molecule has 0 bridgehead atoms. The van der Waals surface area contributed by atoms with Crippen LogP contribution >= 0.6 is 0 Å². The van der Waals surface area contributed by atoms with Crippen LogP contribution < -0.4 is 10.6 Å². The first-order valence-corrected chi connectivity index (χ1v) is 7.08. The van der Waals surface area contributed by atoms with Crippen LogP contribution in [0.1, 0.15) is 16.8 Å². The number of carboxylic acid groups (broad SMARTS) is 1. The third-order valence-corrected chi connectivity index (χ3v) is 3.61. The van der Waals surface area contributed by atoms with Gasteiger partial charge in [0.15, 0.2) is 0 Å². The van der Waals surface area contributed by atoms with Crippen molar-refractivity contribution in [2.24, 2.45) is 0 Å². The number of hydrogen-bond acceptors (Lipinski definition) is 4. The fraction of sp³-hybridized carbons (Fsp3) is 0.333. The van der Waals surface area contributed by atoms with Crippen LogP contribution in [0, 0.1) is 0 Å². The van der Waals surface area contributed by atoms with E-state index in [1.54, 1.807) is 30.3 Å². The molecule has 1 heterocycles. The Morgan fingerprint density at radius 3 is 2.57 bits per heavy atom. The normalized spacial score (nSPS) is 19.9. The molecule has 0 aliphatic carbocycles. The molecule has 1 aliphatic heterocycles. The van der Waals surface area contributed by atoms with Gasteiger partial charge in [0.2, 0.25) is 12.3 Å². The summed E-state index contributed by atoms with van der Waals surface area (Å²) >= 11 is 0. The third-order valence-electron chi connectivity index (χ3n) is 3.61. The molecule has 2 unspecified atom stereocenters. The number of likely N-dealkylation sites (tertiary alicyclic amines) is 1. The molecule has 2 atom stereocenters. The van der Waals surface area contributed by atoms with Gasteiger partial charge in [-0.1, -0.05) is 18.2 Å². The lowest BCUT2D eigenvalue weighted by atomic mass is 10.1. The van der Waals surface area contributed by atoms with Crippen molar-refractivity contribution < 1.29 is 24.3 Å². The fourth-order valence-corrected chi connectivity index (χ4v) is 2.54. The zero-order chi connectivity index (χ0) is 16.8. The molecule has 122 valence electrons. The Hall–Kier alpha value is -2.90. The third kappa shape index (κ3) is 4.06. The highest BCUT2D eigenvalue weighted by molar-refractivity contribution is 5.94. The predicted molar refractivity (Wildman–Crippen MR) is 79.5 cm³/mol. The average molecular weight is 319 g/mol. The minimum Gasteiger partial charge on any atom is -0.480 e. The number of benzene rings is 1. The summed E-state index contributed by atoms with van der Waals surface area (Å²) in [5.41, 5.74) is 0.465. The van der Waals surface area contributed by atoms with Crippen molar-refractivity contribution in [3.05, 3.63) is 35.9 Å². The number of carbonyl (C=O) groups is 4. The quantitative estimate of drug-likeness (QED) is 0.595. The highest BCUT2D eigenvalue weighted by Gasteiger charge is 2.40. The molecule has 8 heteroatoms. The molecule has 2 rings (SSSR count). The maximum absolute atomic E-state index is 12.1. The Labute approximate surface area is 132 Å². The van der Waals surface area contributed by atoms with E-state index >= 15 is 0 Å². The van der Waals surface area contributed by atoms with E-state index in [1.165, 1.54) is 0 Å². The first kappa shape index (κ1) is 16.5. The van der Waals surface area contributed by atoms with Gasteiger partial charge in [-0.2, -0.15) is 0 Å². The Bertz CT molecular complexity index is 604. The van der Waals surface area contributed by atoms with Crippen LogP contribution in [-0.4, -0.2) is 59.4 Å². The molecule has 3 amide bonds. The average Bonchev–Trinajstić information content (AvgIpc) is 2.97. The lowest BCUT2D eigenvalue weighted by Crippen LogP contribution is -2.45. The van der Waals surface area contributed by atoms with Gasteiger partial charge >= 0.3 is 5.97 Å². The van der Waals surface area contributed by atoms with Crippen molar-refractivity contribution in [2.75, 3.05) is 13.1 Å². The number of rotatable bonds is 6. The maximum Gasteiger partial charge on any atom is 0.326 e. The largest absolute Gasteiger partial charge is 0.480 e. The van der Waals surface area contributed by atoms with Gasteiger partial charge in [0.05, 0.1) is 6.54 Å². The van der Waals surface area contributed by atoms with Crippen molar-refractivity contribution in [1.82, 2.24) is 15.5 Å². The molecular formula is C15H17N3O5. The van der Waals surface area contributed by atoms with E-state index in [9.17, 15) is 24.3 Å². The smallest absolute Gasteiger partial charge is 0.326 e. The van der Waals surface area contributed by atoms with Gasteiger partial charge in [-0.15, -0.1) is 0 Å². The standard InChI is InChI=1S/C15H17N3O5/c19-9-16-7-13(20)18-8-11(6-12(18)15(22)23)17-14(21)10-4-2-1-3-5-10/h1-5,9,11-12H,6-8H2,(H,16,19)(H,17,21)(H,22,23). The van der Waals surface area contributed by atoms with E-state index in [2.05, 4.69) is 10.6 Å². The van der Waals surface area contributed by atoms with Gasteiger partial charge in [0.25, 0.3) is 5.91 Å². The van der Waals surface area contributed by atoms with E-state index in [0.29, 0.717) is 12.0 Å². The summed E-state index contributed by atoms with van der Waals surface area (Å²) in [7, 11) is 0. The second-order valence-corrected chi connectivity index (χ2v) is 5.17. The number of amides is 3. The Kier molecular flexibility index (Phi) is 5.29. The summed E-state index contributed by atoms with van der Waals surface area (Å²) in [6, 6.07) is 7.06. The van der Waals surface area contributed by atoms with Crippen molar-refractivity contribution in [2.45, 2.75) is 18.5 Å². The topological polar surface area (TPSA) is 116 Å². The highest BCUT2D eigenvalue weighted by atomic mass is 16.4. The van der Waals surface area contributed by atoms with Gasteiger partial charge in [0.1, 0.15) is 6.04 Å². The first-order chi connectivity index (χ1) is 11.0. The number of carboxylic acids is 1. The Morgan fingerprint density at radius 1 is 1.26 bits per heavy atom. The SMILES string of the molecule is O=CNCC(=O)N1CC(NC(=O)c2ccccc2)CC1C(=O)O. The van der Waals surface area contributed by atoms with Gasteiger partial charge < -0.3 is 20.6 Å². The van der Waals surface area contributed by atoms with E-state index < -0.39 is 24.0 Å². The Balaban J connectivity index is 2.02. The van der Waals surface area contributed by atoms with E-state index in [1.807, 2.05) is 0 Å². The maximum atomic E-state index is 12.1. The molecule has 23 heavy (non-hydrogen) atoms. The lowest BCUT2D eigenvalue weighted by Gasteiger charge is -2.21. The van der Waals surface area contributed by atoms with E-state index in [-0.39, 0.29) is 25.4 Å². The number of nitrogens with zero attached hydrogens (tertiary/aromatic N) is 1. The first-order valence-electron chi connectivity index (χ1n) is 7.08. The van der Waals surface area contributed by atoms with Crippen LogP contribution in [0.2, 0.25) is 0 Å². The molecule has 1 fully saturated rings. The molecule has 0 saturated carbocycles. The Morgan fingerprint density at radius 2 is 1.96 bits per heavy atom. The lowest BCUT2D eigenvalue weighted by molar-refractivity contribution is -0.147. The molecule has 1 aliphatic rings. The number of aliphatic carboxylic acids is 1. The van der Waals surface area contributed by atoms with Crippen molar-refractivity contribution in [3.8, 4) is 0 Å². The zero-order valence-electron chi connectivity index (χ0n) is 12.3. The van der Waals surface area contributed by atoms with Gasteiger partial charge in [-0.3, -0.25) is 14.4 Å². The summed E-state index contributed by atoms with van der Waals surface area (Å²) in [6.45, 7) is -0.179. The van der Waals surface area contributed by atoms with Crippen molar-refractivity contribution >= 4 is 24.2 Å². The van der Waals surface area contributed by atoms with Crippen molar-refractivity contribution in [1.29, 1.82) is 0 Å². The van der Waals surface area contributed by atoms with Crippen LogP contribution in [0.3, 0.4) is 0 Å². The molecule has 1 aromatic carbocycles. The summed E-state index contributed by atoms with van der Waals surface area (Å²) in [5.74, 6) is -1.96. The number of hydrogen-bond donors (Lipinski definition) is 3. The van der Waals surface area contributed by atoms with Crippen molar-refractivity contribution in [3.63, 3.8) is 0 Å². The molecule has 8 nitrogen and oxygen atoms in total. The highest BCUT2D eigenvalue weighted by Crippen LogP contribution is 2.19. The van der Waals surface area contributed by atoms with E-state index in [0.717, 1.165) is 4.90 Å². The summed E-state index contributed by atoms with van der Waals surface area (Å²) in [6.07, 6.45) is 0.499. The molecule has 1 saturated heterocycles. The minimum absolute atomic E-state index is 0.0922. The van der Waals surface area contributed by atoms with Gasteiger partial charge in [-0.05, 0) is 12.1 Å². The monoisotopic (exact) mass is 319 g/mol. The molecule has 0 aromatic heterocycles. The summed E-state index contributed by atoms with van der Waals surface area (Å²) in [5, 5.41) is 14.2. The van der Waals surface area contributed by atoms with Crippen LogP contribution in [-0.2, 0) is 14.4 Å². The zero-order valence-corrected chi connectivity index (χ0v) is 12.3. The molecule has 3 N–H and O–H groups in total. The van der Waals surface area contributed by atoms with Gasteiger partial charge in [0, 0.05) is 24.6 Å². The molecule has 0 spiro atoms. The second kappa shape index (κ2) is 7.39. The summed E-state index contributed by atoms with van der Waals surface area (Å²) < 4.78 is 0. The fourth-order valence-electron chi connectivity index (χ4n) is 2.54.